The molecule has 0 aliphatic carbocycles. The number of hydrogen-bond acceptors (Lipinski definition) is 4. The summed E-state index contributed by atoms with van der Waals surface area (Å²) in [7, 11) is 1.64. The quantitative estimate of drug-likeness (QED) is 0.912. The molecule has 0 saturated heterocycles. The van der Waals surface area contributed by atoms with E-state index in [4.69, 9.17) is 10.5 Å². The smallest absolute Gasteiger partial charge is 0.144 e. The van der Waals surface area contributed by atoms with Crippen molar-refractivity contribution in [3.05, 3.63) is 41.0 Å². The lowest BCUT2D eigenvalue weighted by molar-refractivity contribution is 0.415. The Morgan fingerprint density at radius 2 is 2.00 bits per heavy atom. The van der Waals surface area contributed by atoms with E-state index in [1.165, 1.54) is 0 Å². The molecule has 0 aliphatic heterocycles. The minimum atomic E-state index is 0.622. The van der Waals surface area contributed by atoms with Gasteiger partial charge in [0.05, 0.1) is 23.5 Å². The maximum absolute atomic E-state index is 5.62. The summed E-state index contributed by atoms with van der Waals surface area (Å²) in [6.45, 7) is 0. The van der Waals surface area contributed by atoms with Gasteiger partial charge in [0.15, 0.2) is 0 Å². The standard InChI is InChI=1S/C12H12BrN3O/c1-17-10-4-2-9(3-5-10)16-12-11(13)6-8(14)7-15-12/h2-7H,14H2,1H3,(H,15,16). The first kappa shape index (κ1) is 11.7. The molecule has 3 N–H and O–H groups in total. The summed E-state index contributed by atoms with van der Waals surface area (Å²) >= 11 is 3.40. The van der Waals surface area contributed by atoms with E-state index < -0.39 is 0 Å². The molecular formula is C12H12BrN3O. The molecule has 0 unspecified atom stereocenters. The summed E-state index contributed by atoms with van der Waals surface area (Å²) in [6.07, 6.45) is 1.61. The van der Waals surface area contributed by atoms with Gasteiger partial charge in [-0.15, -0.1) is 0 Å². The van der Waals surface area contributed by atoms with Gasteiger partial charge in [0.2, 0.25) is 0 Å². The highest BCUT2D eigenvalue weighted by molar-refractivity contribution is 9.10. The summed E-state index contributed by atoms with van der Waals surface area (Å²) < 4.78 is 5.92. The van der Waals surface area contributed by atoms with Gasteiger partial charge in [0, 0.05) is 5.69 Å². The van der Waals surface area contributed by atoms with Crippen LogP contribution in [0, 0.1) is 0 Å². The number of nitrogens with one attached hydrogen (secondary N) is 1. The maximum Gasteiger partial charge on any atom is 0.144 e. The predicted octanol–water partition coefficient (Wildman–Crippen LogP) is 3.18. The Hall–Kier alpha value is -1.75. The highest BCUT2D eigenvalue weighted by atomic mass is 79.9. The number of rotatable bonds is 3. The molecule has 0 radical (unpaired) electrons. The number of nitrogens with zero attached hydrogens (tertiary/aromatic N) is 1. The van der Waals surface area contributed by atoms with E-state index in [-0.39, 0.29) is 0 Å². The van der Waals surface area contributed by atoms with Crippen molar-refractivity contribution in [1.82, 2.24) is 4.98 Å². The molecule has 0 saturated carbocycles. The number of anilines is 3. The van der Waals surface area contributed by atoms with E-state index >= 15 is 0 Å². The zero-order chi connectivity index (χ0) is 12.3. The molecule has 1 heterocycles. The summed E-state index contributed by atoms with van der Waals surface area (Å²) in [5.74, 6) is 1.55. The third-order valence-corrected chi connectivity index (χ3v) is 2.82. The third kappa shape index (κ3) is 2.88. The monoisotopic (exact) mass is 293 g/mol. The Labute approximate surface area is 108 Å². The lowest BCUT2D eigenvalue weighted by Gasteiger charge is -2.08. The van der Waals surface area contributed by atoms with E-state index in [0.717, 1.165) is 21.7 Å². The highest BCUT2D eigenvalue weighted by Crippen LogP contribution is 2.26. The molecule has 1 aromatic heterocycles. The van der Waals surface area contributed by atoms with Crippen LogP contribution in [-0.2, 0) is 0 Å². The Kier molecular flexibility index (Phi) is 3.49. The second-order valence-corrected chi connectivity index (χ2v) is 4.31. The molecule has 0 atom stereocenters. The van der Waals surface area contributed by atoms with Gasteiger partial charge in [-0.05, 0) is 46.3 Å². The molecule has 1 aromatic carbocycles. The van der Waals surface area contributed by atoms with Crippen molar-refractivity contribution < 1.29 is 4.74 Å². The van der Waals surface area contributed by atoms with Gasteiger partial charge in [0.1, 0.15) is 11.6 Å². The maximum atomic E-state index is 5.62. The predicted molar refractivity (Wildman–Crippen MR) is 72.6 cm³/mol. The lowest BCUT2D eigenvalue weighted by atomic mass is 10.3. The van der Waals surface area contributed by atoms with Gasteiger partial charge in [-0.25, -0.2) is 4.98 Å². The number of aromatic nitrogens is 1. The Morgan fingerprint density at radius 3 is 2.59 bits per heavy atom. The van der Waals surface area contributed by atoms with Gasteiger partial charge in [-0.1, -0.05) is 0 Å². The fourth-order valence-corrected chi connectivity index (χ4v) is 1.82. The minimum absolute atomic E-state index is 0.622. The number of benzene rings is 1. The minimum Gasteiger partial charge on any atom is -0.497 e. The van der Waals surface area contributed by atoms with Crippen molar-refractivity contribution in [3.63, 3.8) is 0 Å². The SMILES string of the molecule is COc1ccc(Nc2ncc(N)cc2Br)cc1. The molecule has 0 spiro atoms. The fourth-order valence-electron chi connectivity index (χ4n) is 1.36. The third-order valence-electron chi connectivity index (χ3n) is 2.22. The largest absolute Gasteiger partial charge is 0.497 e. The number of pyridine rings is 1. The van der Waals surface area contributed by atoms with Crippen molar-refractivity contribution in [2.45, 2.75) is 0 Å². The average molecular weight is 294 g/mol. The van der Waals surface area contributed by atoms with Crippen LogP contribution in [0.3, 0.4) is 0 Å². The van der Waals surface area contributed by atoms with Crippen LogP contribution in [-0.4, -0.2) is 12.1 Å². The number of nitrogens with two attached hydrogens (primary N) is 1. The zero-order valence-electron chi connectivity index (χ0n) is 9.27. The summed E-state index contributed by atoms with van der Waals surface area (Å²) in [5, 5.41) is 3.18. The van der Waals surface area contributed by atoms with Crippen LogP contribution in [0.15, 0.2) is 41.0 Å². The first-order valence-electron chi connectivity index (χ1n) is 5.01. The summed E-state index contributed by atoms with van der Waals surface area (Å²) in [4.78, 5) is 4.20. The number of ether oxygens (including phenoxy) is 1. The summed E-state index contributed by atoms with van der Waals surface area (Å²) in [6, 6.07) is 9.41. The van der Waals surface area contributed by atoms with Gasteiger partial charge in [-0.3, -0.25) is 0 Å². The van der Waals surface area contributed by atoms with Crippen molar-refractivity contribution in [3.8, 4) is 5.75 Å². The molecule has 2 aromatic rings. The number of methoxy groups -OCH3 is 1. The molecule has 0 bridgehead atoms. The number of halogens is 1. The van der Waals surface area contributed by atoms with E-state index in [2.05, 4.69) is 26.2 Å². The van der Waals surface area contributed by atoms with Gasteiger partial charge >= 0.3 is 0 Å². The van der Waals surface area contributed by atoms with Crippen molar-refractivity contribution in [2.75, 3.05) is 18.2 Å². The lowest BCUT2D eigenvalue weighted by Crippen LogP contribution is -1.96. The van der Waals surface area contributed by atoms with Crippen LogP contribution in [0.5, 0.6) is 5.75 Å². The van der Waals surface area contributed by atoms with Crippen molar-refractivity contribution in [2.24, 2.45) is 0 Å². The Morgan fingerprint density at radius 1 is 1.29 bits per heavy atom. The molecule has 5 heteroatoms. The topological polar surface area (TPSA) is 60.2 Å². The molecule has 0 amide bonds. The van der Waals surface area contributed by atoms with Crippen LogP contribution < -0.4 is 15.8 Å². The molecular weight excluding hydrogens is 282 g/mol. The fraction of sp³-hybridized carbons (Fsp3) is 0.0833. The van der Waals surface area contributed by atoms with E-state index in [9.17, 15) is 0 Å². The Bertz CT molecular complexity index is 514. The molecule has 4 nitrogen and oxygen atoms in total. The molecule has 2 rings (SSSR count). The number of nitrogen functional groups attached to an aromatic ring is 1. The summed E-state index contributed by atoms with van der Waals surface area (Å²) in [5.41, 5.74) is 7.18. The van der Waals surface area contributed by atoms with Crippen molar-refractivity contribution in [1.29, 1.82) is 0 Å². The second kappa shape index (κ2) is 5.05. The normalized spacial score (nSPS) is 10.0. The van der Waals surface area contributed by atoms with Crippen LogP contribution in [0.25, 0.3) is 0 Å². The van der Waals surface area contributed by atoms with E-state index in [1.54, 1.807) is 19.4 Å². The molecule has 88 valence electrons. The van der Waals surface area contributed by atoms with E-state index in [1.807, 2.05) is 24.3 Å². The zero-order valence-corrected chi connectivity index (χ0v) is 10.9. The molecule has 0 fully saturated rings. The van der Waals surface area contributed by atoms with Crippen molar-refractivity contribution >= 4 is 33.1 Å². The number of hydrogen-bond donors (Lipinski definition) is 2. The van der Waals surface area contributed by atoms with Crippen LogP contribution in [0.4, 0.5) is 17.2 Å². The molecule has 0 aliphatic rings. The highest BCUT2D eigenvalue weighted by Gasteiger charge is 2.02. The first-order valence-corrected chi connectivity index (χ1v) is 5.80. The van der Waals surface area contributed by atoms with Crippen LogP contribution >= 0.6 is 15.9 Å². The first-order chi connectivity index (χ1) is 8.19. The van der Waals surface area contributed by atoms with Crippen LogP contribution in [0.2, 0.25) is 0 Å². The average Bonchev–Trinajstić information content (AvgIpc) is 2.34. The van der Waals surface area contributed by atoms with Crippen LogP contribution in [0.1, 0.15) is 0 Å². The van der Waals surface area contributed by atoms with E-state index in [0.29, 0.717) is 5.69 Å². The molecule has 17 heavy (non-hydrogen) atoms. The Balaban J connectivity index is 2.19. The second-order valence-electron chi connectivity index (χ2n) is 3.45. The van der Waals surface area contributed by atoms with Gasteiger partial charge in [-0.2, -0.15) is 0 Å². The van der Waals surface area contributed by atoms with Gasteiger partial charge < -0.3 is 15.8 Å². The van der Waals surface area contributed by atoms with Gasteiger partial charge in [0.25, 0.3) is 0 Å².